The first-order valence-corrected chi connectivity index (χ1v) is 19.2. The monoisotopic (exact) mass is 548 g/mol. The molecular formula is C28H48N2O5Si2. The molecule has 0 radical (unpaired) electrons. The van der Waals surface area contributed by atoms with Gasteiger partial charge >= 0.3 is 5.97 Å². The van der Waals surface area contributed by atoms with Crippen molar-refractivity contribution < 1.29 is 23.2 Å². The molecule has 208 valence electrons. The number of rotatable bonds is 17. The van der Waals surface area contributed by atoms with Crippen LogP contribution in [0.15, 0.2) is 42.1 Å². The van der Waals surface area contributed by atoms with Gasteiger partial charge in [-0.25, -0.2) is 4.79 Å². The Bertz CT molecular complexity index is 867. The van der Waals surface area contributed by atoms with Gasteiger partial charge in [0.25, 0.3) is 5.91 Å². The molecule has 3 atom stereocenters. The minimum Gasteiger partial charge on any atom is -0.461 e. The van der Waals surface area contributed by atoms with E-state index in [1.165, 1.54) is 0 Å². The van der Waals surface area contributed by atoms with Crippen molar-refractivity contribution in [3.63, 3.8) is 0 Å². The van der Waals surface area contributed by atoms with E-state index in [-0.39, 0.29) is 30.4 Å². The summed E-state index contributed by atoms with van der Waals surface area (Å²) in [4.78, 5) is 26.1. The average molecular weight is 549 g/mol. The van der Waals surface area contributed by atoms with Crippen molar-refractivity contribution in [3.8, 4) is 0 Å². The van der Waals surface area contributed by atoms with E-state index < -0.39 is 28.7 Å². The second-order valence-electron chi connectivity index (χ2n) is 9.79. The molecular weight excluding hydrogens is 500 g/mol. The van der Waals surface area contributed by atoms with Crippen molar-refractivity contribution in [2.45, 2.75) is 103 Å². The fourth-order valence-corrected chi connectivity index (χ4v) is 10.4. The molecule has 1 aromatic carbocycles. The molecule has 0 bridgehead atoms. The molecule has 9 heteroatoms. The van der Waals surface area contributed by atoms with E-state index in [9.17, 15) is 9.59 Å². The maximum Gasteiger partial charge on any atom is 0.354 e. The van der Waals surface area contributed by atoms with Gasteiger partial charge in [0.1, 0.15) is 5.70 Å². The molecule has 0 spiro atoms. The first-order valence-electron chi connectivity index (χ1n) is 14.1. The highest BCUT2D eigenvalue weighted by Crippen LogP contribution is 2.32. The Hall–Kier alpha value is -1.79. The van der Waals surface area contributed by atoms with Crippen molar-refractivity contribution in [1.82, 2.24) is 10.6 Å². The van der Waals surface area contributed by atoms with E-state index in [4.69, 9.17) is 13.6 Å². The number of amides is 1. The zero-order valence-electron chi connectivity index (χ0n) is 23.9. The smallest absolute Gasteiger partial charge is 0.354 e. The lowest BCUT2D eigenvalue weighted by molar-refractivity contribution is -0.139. The number of esters is 1. The van der Waals surface area contributed by atoms with Gasteiger partial charge in [-0.3, -0.25) is 4.79 Å². The lowest BCUT2D eigenvalue weighted by Gasteiger charge is -2.40. The number of ether oxygens (including phenoxy) is 1. The first-order chi connectivity index (χ1) is 17.8. The van der Waals surface area contributed by atoms with Crippen LogP contribution in [-0.2, 0) is 18.4 Å². The lowest BCUT2D eigenvalue weighted by atomic mass is 10.1. The van der Waals surface area contributed by atoms with Crippen LogP contribution in [0, 0.1) is 0 Å². The molecule has 1 amide bonds. The molecule has 0 aromatic heterocycles. The Labute approximate surface area is 226 Å². The molecule has 1 fully saturated rings. The highest BCUT2D eigenvalue weighted by molar-refractivity contribution is 6.74. The van der Waals surface area contributed by atoms with Crippen LogP contribution in [0.25, 0.3) is 0 Å². The van der Waals surface area contributed by atoms with Crippen LogP contribution in [0.3, 0.4) is 0 Å². The zero-order valence-corrected chi connectivity index (χ0v) is 25.9. The number of hydrogen-bond acceptors (Lipinski definition) is 6. The Balaban J connectivity index is 2.56. The zero-order chi connectivity index (χ0) is 27.5. The van der Waals surface area contributed by atoms with Crippen molar-refractivity contribution in [1.29, 1.82) is 0 Å². The molecule has 37 heavy (non-hydrogen) atoms. The Morgan fingerprint density at radius 2 is 1.43 bits per heavy atom. The van der Waals surface area contributed by atoms with Gasteiger partial charge in [0.15, 0.2) is 16.6 Å². The average Bonchev–Trinajstić information content (AvgIpc) is 3.78. The molecule has 1 aliphatic heterocycles. The largest absolute Gasteiger partial charge is 0.461 e. The van der Waals surface area contributed by atoms with E-state index in [2.05, 4.69) is 52.2 Å². The molecule has 0 saturated carbocycles. The summed E-state index contributed by atoms with van der Waals surface area (Å²) in [7, 11) is -4.08. The van der Waals surface area contributed by atoms with Crippen LogP contribution >= 0.6 is 0 Å². The third-order valence-corrected chi connectivity index (χ3v) is 17.2. The van der Waals surface area contributed by atoms with Crippen LogP contribution < -0.4 is 10.6 Å². The maximum atomic E-state index is 13.1. The molecule has 0 unspecified atom stereocenters. The van der Waals surface area contributed by atoms with Crippen LogP contribution in [0.4, 0.5) is 0 Å². The molecule has 1 aliphatic rings. The second-order valence-corrected chi connectivity index (χ2v) is 19.2. The van der Waals surface area contributed by atoms with Crippen LogP contribution in [0.1, 0.15) is 58.8 Å². The predicted molar refractivity (Wildman–Crippen MR) is 155 cm³/mol. The summed E-state index contributed by atoms with van der Waals surface area (Å²) in [5.41, 5.74) is 0.582. The van der Waals surface area contributed by atoms with Gasteiger partial charge in [0.2, 0.25) is 0 Å². The summed E-state index contributed by atoms with van der Waals surface area (Å²) >= 11 is 0. The van der Waals surface area contributed by atoms with Crippen LogP contribution in [0.2, 0.25) is 36.3 Å². The standard InChI is InChI=1S/C28H48N2O5Si2/c1-8-33-28(32)23(30-27(31)22-18-16-15-17-19-22)20-25(34-36(9-2,10-3)11-4)26(24-21-29-24)35-37(12-5,13-6)14-7/h15-20,24-26,29H,8-14,21H2,1-7H3,(H,30,31)/b23-20+/t24-,25+,26+/m0/s1. The molecule has 2 rings (SSSR count). The van der Waals surface area contributed by atoms with E-state index in [1.807, 2.05) is 6.07 Å². The van der Waals surface area contributed by atoms with Crippen molar-refractivity contribution in [2.24, 2.45) is 0 Å². The number of carbonyl (C=O) groups is 2. The predicted octanol–water partition coefficient (Wildman–Crippen LogP) is 5.62. The highest BCUT2D eigenvalue weighted by Gasteiger charge is 2.45. The lowest BCUT2D eigenvalue weighted by Crippen LogP contribution is -2.51. The molecule has 0 aliphatic carbocycles. The Kier molecular flexibility index (Phi) is 12.7. The molecule has 2 N–H and O–H groups in total. The van der Waals surface area contributed by atoms with E-state index in [0.717, 1.165) is 42.8 Å². The third kappa shape index (κ3) is 8.61. The fourth-order valence-electron chi connectivity index (χ4n) is 4.77. The third-order valence-electron chi connectivity index (χ3n) is 7.91. The van der Waals surface area contributed by atoms with Gasteiger partial charge in [-0.2, -0.15) is 0 Å². The number of hydrogen-bond donors (Lipinski definition) is 2. The van der Waals surface area contributed by atoms with Gasteiger partial charge < -0.3 is 24.2 Å². The molecule has 1 aromatic rings. The topological polar surface area (TPSA) is 95.8 Å². The number of nitrogens with one attached hydrogen (secondary N) is 2. The van der Waals surface area contributed by atoms with E-state index in [0.29, 0.717) is 5.56 Å². The number of benzene rings is 1. The van der Waals surface area contributed by atoms with E-state index >= 15 is 0 Å². The maximum absolute atomic E-state index is 13.1. The van der Waals surface area contributed by atoms with Crippen LogP contribution in [0.5, 0.6) is 0 Å². The van der Waals surface area contributed by atoms with Crippen LogP contribution in [-0.4, -0.2) is 59.9 Å². The van der Waals surface area contributed by atoms with Gasteiger partial charge in [-0.15, -0.1) is 0 Å². The highest BCUT2D eigenvalue weighted by atomic mass is 28.4. The van der Waals surface area contributed by atoms with Gasteiger partial charge in [0, 0.05) is 18.2 Å². The minimum atomic E-state index is -2.09. The summed E-state index contributed by atoms with van der Waals surface area (Å²) in [6.45, 7) is 16.1. The van der Waals surface area contributed by atoms with Gasteiger partial charge in [-0.1, -0.05) is 59.7 Å². The SMILES string of the molecule is CCOC(=O)/C(=C\[C@@H](O[Si](CC)(CC)CC)[C@H](O[Si](CC)(CC)CC)[C@@H]1CN1)NC(=O)c1ccccc1. The van der Waals surface area contributed by atoms with E-state index in [1.54, 1.807) is 37.3 Å². The van der Waals surface area contributed by atoms with Gasteiger partial charge in [0.05, 0.1) is 18.8 Å². The summed E-state index contributed by atoms with van der Waals surface area (Å²) in [5, 5.41) is 6.27. The van der Waals surface area contributed by atoms with Crippen molar-refractivity contribution >= 4 is 28.5 Å². The second kappa shape index (κ2) is 15.0. The normalized spacial score (nSPS) is 17.7. The summed E-state index contributed by atoms with van der Waals surface area (Å²) in [5.74, 6) is -0.922. The Morgan fingerprint density at radius 1 is 0.919 bits per heavy atom. The molecule has 1 saturated heterocycles. The summed E-state index contributed by atoms with van der Waals surface area (Å²) in [6, 6.07) is 15.0. The molecule has 7 nitrogen and oxygen atoms in total. The van der Waals surface area contributed by atoms with Gasteiger partial charge in [-0.05, 0) is 61.4 Å². The quantitative estimate of drug-likeness (QED) is 0.114. The summed E-state index contributed by atoms with van der Waals surface area (Å²) < 4.78 is 19.4. The van der Waals surface area contributed by atoms with Crippen molar-refractivity contribution in [3.05, 3.63) is 47.7 Å². The fraction of sp³-hybridized carbons (Fsp3) is 0.643. The summed E-state index contributed by atoms with van der Waals surface area (Å²) in [6.07, 6.45) is 1.06. The van der Waals surface area contributed by atoms with Crippen molar-refractivity contribution in [2.75, 3.05) is 13.2 Å². The molecule has 1 heterocycles. The minimum absolute atomic E-state index is 0.109. The first kappa shape index (κ1) is 31.4. The Morgan fingerprint density at radius 3 is 1.89 bits per heavy atom. The number of carbonyl (C=O) groups excluding carboxylic acids is 2.